The van der Waals surface area contributed by atoms with E-state index in [2.05, 4.69) is 4.98 Å². The molecule has 1 aliphatic heterocycles. The number of benzene rings is 1. The molecule has 0 radical (unpaired) electrons. The van der Waals surface area contributed by atoms with Crippen LogP contribution in [0.25, 0.3) is 0 Å². The van der Waals surface area contributed by atoms with Gasteiger partial charge in [-0.15, -0.1) is 0 Å². The van der Waals surface area contributed by atoms with Crippen molar-refractivity contribution in [2.75, 3.05) is 7.11 Å². The fourth-order valence-corrected chi connectivity index (χ4v) is 2.56. The third-order valence-electron chi connectivity index (χ3n) is 3.71. The number of hydrogen-bond acceptors (Lipinski definition) is 4. The Hall–Kier alpha value is -2.07. The van der Waals surface area contributed by atoms with Crippen LogP contribution in [0, 0.1) is 6.92 Å². The molecule has 0 fully saturated rings. The molecule has 2 heterocycles. The number of rotatable bonds is 2. The fourth-order valence-electron chi connectivity index (χ4n) is 2.56. The first-order valence-corrected chi connectivity index (χ1v) is 6.62. The van der Waals surface area contributed by atoms with Crippen LogP contribution in [-0.2, 0) is 0 Å². The molecule has 2 unspecified atom stereocenters. The van der Waals surface area contributed by atoms with Gasteiger partial charge in [0.1, 0.15) is 17.6 Å². The van der Waals surface area contributed by atoms with Crippen molar-refractivity contribution >= 4 is 0 Å². The van der Waals surface area contributed by atoms with Crippen molar-refractivity contribution in [3.63, 3.8) is 0 Å². The number of aliphatic hydroxyl groups excluding tert-OH is 1. The minimum absolute atomic E-state index is 0.167. The van der Waals surface area contributed by atoms with Gasteiger partial charge < -0.3 is 14.6 Å². The van der Waals surface area contributed by atoms with Crippen molar-refractivity contribution in [3.8, 4) is 11.5 Å². The van der Waals surface area contributed by atoms with E-state index in [-0.39, 0.29) is 6.10 Å². The van der Waals surface area contributed by atoms with Crippen LogP contribution < -0.4 is 9.47 Å². The van der Waals surface area contributed by atoms with Crippen LogP contribution in [0.5, 0.6) is 11.5 Å². The number of hydrogen-bond donors (Lipinski definition) is 1. The number of pyridine rings is 1. The van der Waals surface area contributed by atoms with E-state index in [9.17, 15) is 5.11 Å². The van der Waals surface area contributed by atoms with Crippen LogP contribution in [0.1, 0.15) is 35.3 Å². The fraction of sp³-hybridized carbons (Fsp3) is 0.312. The molecule has 2 aromatic rings. The van der Waals surface area contributed by atoms with Gasteiger partial charge in [-0.1, -0.05) is 0 Å². The first-order valence-electron chi connectivity index (χ1n) is 6.62. The second-order valence-electron chi connectivity index (χ2n) is 4.99. The number of aryl methyl sites for hydroxylation is 1. The summed E-state index contributed by atoms with van der Waals surface area (Å²) in [4.78, 5) is 4.15. The molecule has 4 nitrogen and oxygen atoms in total. The lowest BCUT2D eigenvalue weighted by Crippen LogP contribution is -2.20. The molecule has 0 amide bonds. The average molecular weight is 271 g/mol. The van der Waals surface area contributed by atoms with Gasteiger partial charge in [-0.25, -0.2) is 0 Å². The summed E-state index contributed by atoms with van der Waals surface area (Å²) in [5.41, 5.74) is 2.92. The van der Waals surface area contributed by atoms with Gasteiger partial charge in [0, 0.05) is 29.9 Å². The van der Waals surface area contributed by atoms with Crippen LogP contribution >= 0.6 is 0 Å². The maximum absolute atomic E-state index is 10.3. The number of aliphatic hydroxyl groups is 1. The summed E-state index contributed by atoms with van der Waals surface area (Å²) in [7, 11) is 1.61. The highest BCUT2D eigenvalue weighted by Crippen LogP contribution is 2.42. The maximum Gasteiger partial charge on any atom is 0.128 e. The smallest absolute Gasteiger partial charge is 0.128 e. The lowest BCUT2D eigenvalue weighted by atomic mass is 9.94. The molecular formula is C16H17NO3. The van der Waals surface area contributed by atoms with Crippen molar-refractivity contribution < 1.29 is 14.6 Å². The SMILES string of the molecule is COc1ccc2c(c1)C(O)CC(c1cnccc1C)O2. The first kappa shape index (κ1) is 12.9. The van der Waals surface area contributed by atoms with Crippen molar-refractivity contribution in [2.45, 2.75) is 25.6 Å². The molecule has 1 aromatic heterocycles. The summed E-state index contributed by atoms with van der Waals surface area (Å²) < 4.78 is 11.2. The number of ether oxygens (including phenoxy) is 2. The highest BCUT2D eigenvalue weighted by atomic mass is 16.5. The predicted molar refractivity (Wildman–Crippen MR) is 74.9 cm³/mol. The number of fused-ring (bicyclic) bond motifs is 1. The average Bonchev–Trinajstić information content (AvgIpc) is 2.47. The van der Waals surface area contributed by atoms with E-state index in [1.807, 2.05) is 31.2 Å². The Labute approximate surface area is 118 Å². The monoisotopic (exact) mass is 271 g/mol. The molecular weight excluding hydrogens is 254 g/mol. The molecule has 2 atom stereocenters. The van der Waals surface area contributed by atoms with Gasteiger partial charge in [-0.3, -0.25) is 4.98 Å². The van der Waals surface area contributed by atoms with Crippen LogP contribution in [0.4, 0.5) is 0 Å². The first-order chi connectivity index (χ1) is 9.69. The summed E-state index contributed by atoms with van der Waals surface area (Å²) in [6.07, 6.45) is 3.36. The van der Waals surface area contributed by atoms with Gasteiger partial charge in [-0.2, -0.15) is 0 Å². The van der Waals surface area contributed by atoms with Crippen molar-refractivity contribution in [2.24, 2.45) is 0 Å². The zero-order valence-corrected chi connectivity index (χ0v) is 11.5. The highest BCUT2D eigenvalue weighted by Gasteiger charge is 2.29. The third kappa shape index (κ3) is 2.23. The zero-order chi connectivity index (χ0) is 14.1. The summed E-state index contributed by atoms with van der Waals surface area (Å²) in [5.74, 6) is 1.43. The minimum Gasteiger partial charge on any atom is -0.497 e. The van der Waals surface area contributed by atoms with Crippen LogP contribution in [-0.4, -0.2) is 17.2 Å². The number of nitrogens with zero attached hydrogens (tertiary/aromatic N) is 1. The van der Waals surface area contributed by atoms with Crippen LogP contribution in [0.3, 0.4) is 0 Å². The Morgan fingerprint density at radius 1 is 1.30 bits per heavy atom. The van der Waals surface area contributed by atoms with E-state index >= 15 is 0 Å². The van der Waals surface area contributed by atoms with Gasteiger partial charge >= 0.3 is 0 Å². The topological polar surface area (TPSA) is 51.6 Å². The Balaban J connectivity index is 1.95. The Bertz CT molecular complexity index is 627. The molecule has 1 aromatic carbocycles. The molecule has 1 N–H and O–H groups in total. The minimum atomic E-state index is -0.557. The molecule has 0 spiro atoms. The van der Waals surface area contributed by atoms with Crippen LogP contribution in [0.15, 0.2) is 36.7 Å². The quantitative estimate of drug-likeness (QED) is 0.912. The lowest BCUT2D eigenvalue weighted by Gasteiger charge is -2.30. The Morgan fingerprint density at radius 3 is 2.90 bits per heavy atom. The Kier molecular flexibility index (Phi) is 3.32. The molecule has 0 bridgehead atoms. The van der Waals surface area contributed by atoms with E-state index in [1.165, 1.54) is 0 Å². The van der Waals surface area contributed by atoms with E-state index in [4.69, 9.17) is 9.47 Å². The number of aromatic nitrogens is 1. The molecule has 0 saturated carbocycles. The second-order valence-corrected chi connectivity index (χ2v) is 4.99. The molecule has 104 valence electrons. The Morgan fingerprint density at radius 2 is 2.15 bits per heavy atom. The van der Waals surface area contributed by atoms with Crippen LogP contribution in [0.2, 0.25) is 0 Å². The highest BCUT2D eigenvalue weighted by molar-refractivity contribution is 5.44. The van der Waals surface area contributed by atoms with Gasteiger partial charge in [0.05, 0.1) is 13.2 Å². The molecule has 0 saturated heterocycles. The second kappa shape index (κ2) is 5.13. The van der Waals surface area contributed by atoms with Crippen molar-refractivity contribution in [3.05, 3.63) is 53.3 Å². The van der Waals surface area contributed by atoms with Gasteiger partial charge in [0.2, 0.25) is 0 Å². The normalized spacial score (nSPS) is 20.9. The molecule has 20 heavy (non-hydrogen) atoms. The van der Waals surface area contributed by atoms with E-state index in [1.54, 1.807) is 19.5 Å². The zero-order valence-electron chi connectivity index (χ0n) is 11.5. The third-order valence-corrected chi connectivity index (χ3v) is 3.71. The van der Waals surface area contributed by atoms with Crippen molar-refractivity contribution in [1.29, 1.82) is 0 Å². The summed E-state index contributed by atoms with van der Waals surface area (Å²) in [6.45, 7) is 2.02. The van der Waals surface area contributed by atoms with Gasteiger partial charge in [0.25, 0.3) is 0 Å². The maximum atomic E-state index is 10.3. The van der Waals surface area contributed by atoms with E-state index in [0.29, 0.717) is 12.2 Å². The molecule has 3 rings (SSSR count). The predicted octanol–water partition coefficient (Wildman–Crippen LogP) is 2.96. The number of methoxy groups -OCH3 is 1. The van der Waals surface area contributed by atoms with Crippen molar-refractivity contribution in [1.82, 2.24) is 4.98 Å². The standard InChI is InChI=1S/C16H17NO3/c1-10-5-6-17-9-13(10)16-8-14(18)12-7-11(19-2)3-4-15(12)20-16/h3-7,9,14,16,18H,8H2,1-2H3. The molecule has 0 aliphatic carbocycles. The summed E-state index contributed by atoms with van der Waals surface area (Å²) in [5, 5.41) is 10.3. The lowest BCUT2D eigenvalue weighted by molar-refractivity contribution is 0.0650. The van der Waals surface area contributed by atoms with Gasteiger partial charge in [-0.05, 0) is 36.8 Å². The summed E-state index contributed by atoms with van der Waals surface area (Å²) in [6, 6.07) is 7.46. The van der Waals surface area contributed by atoms with E-state index < -0.39 is 6.10 Å². The largest absolute Gasteiger partial charge is 0.497 e. The van der Waals surface area contributed by atoms with Gasteiger partial charge in [0.15, 0.2) is 0 Å². The summed E-state index contributed by atoms with van der Waals surface area (Å²) >= 11 is 0. The van der Waals surface area contributed by atoms with E-state index in [0.717, 1.165) is 22.4 Å². The molecule has 4 heteroatoms. The molecule has 1 aliphatic rings.